The number of likely N-dealkylation sites (tertiary alicyclic amines) is 1. The summed E-state index contributed by atoms with van der Waals surface area (Å²) in [6, 6.07) is 0. The molecule has 1 aliphatic heterocycles. The topological polar surface area (TPSA) is 57.6 Å². The van der Waals surface area contributed by atoms with Crippen molar-refractivity contribution in [2.24, 2.45) is 5.92 Å². The Kier molecular flexibility index (Phi) is 4.59. The van der Waals surface area contributed by atoms with Gasteiger partial charge >= 0.3 is 6.09 Å². The summed E-state index contributed by atoms with van der Waals surface area (Å²) in [5, 5.41) is 8.91. The summed E-state index contributed by atoms with van der Waals surface area (Å²) in [5.41, 5.74) is 0. The van der Waals surface area contributed by atoms with Crippen LogP contribution in [0.25, 0.3) is 0 Å². The van der Waals surface area contributed by atoms with E-state index in [0.717, 1.165) is 19.3 Å². The first kappa shape index (κ1) is 12.0. The number of amides is 1. The number of hydrogen-bond acceptors (Lipinski definition) is 2. The molecule has 1 N–H and O–H groups in total. The average molecular weight is 213 g/mol. The Labute approximate surface area is 90.3 Å². The minimum absolute atomic E-state index is 0.0662. The molecule has 0 aliphatic carbocycles. The number of rotatable bonds is 3. The average Bonchev–Trinajstić information content (AvgIpc) is 2.37. The summed E-state index contributed by atoms with van der Waals surface area (Å²) in [6.45, 7) is 2.98. The van der Waals surface area contributed by atoms with Gasteiger partial charge in [-0.3, -0.25) is 4.79 Å². The van der Waals surface area contributed by atoms with Gasteiger partial charge in [-0.25, -0.2) is 4.79 Å². The van der Waals surface area contributed by atoms with Crippen molar-refractivity contribution in [3.05, 3.63) is 0 Å². The molecule has 1 saturated heterocycles. The zero-order valence-corrected chi connectivity index (χ0v) is 9.24. The van der Waals surface area contributed by atoms with E-state index < -0.39 is 6.09 Å². The van der Waals surface area contributed by atoms with Crippen LogP contribution in [0.5, 0.6) is 0 Å². The van der Waals surface area contributed by atoms with Crippen molar-refractivity contribution in [3.8, 4) is 0 Å². The number of unbranched alkanes of at least 4 members (excludes halogenated alkanes) is 1. The molecule has 4 heteroatoms. The number of ketones is 1. The fraction of sp³-hybridized carbons (Fsp3) is 0.818. The Balaban J connectivity index is 2.56. The predicted molar refractivity (Wildman–Crippen MR) is 56.9 cm³/mol. The maximum atomic E-state index is 11.7. The Morgan fingerprint density at radius 3 is 2.93 bits per heavy atom. The highest BCUT2D eigenvalue weighted by molar-refractivity contribution is 5.82. The van der Waals surface area contributed by atoms with Gasteiger partial charge in [0.2, 0.25) is 0 Å². The van der Waals surface area contributed by atoms with E-state index >= 15 is 0 Å². The van der Waals surface area contributed by atoms with Crippen molar-refractivity contribution >= 4 is 11.9 Å². The van der Waals surface area contributed by atoms with Crippen LogP contribution in [0.15, 0.2) is 0 Å². The summed E-state index contributed by atoms with van der Waals surface area (Å²) in [6.07, 6.45) is 3.21. The van der Waals surface area contributed by atoms with Crippen LogP contribution in [-0.4, -0.2) is 35.0 Å². The van der Waals surface area contributed by atoms with Crippen molar-refractivity contribution in [2.75, 3.05) is 13.1 Å². The van der Waals surface area contributed by atoms with E-state index in [0.29, 0.717) is 25.9 Å². The van der Waals surface area contributed by atoms with Crippen molar-refractivity contribution in [3.63, 3.8) is 0 Å². The summed E-state index contributed by atoms with van der Waals surface area (Å²) < 4.78 is 0. The first-order valence-corrected chi connectivity index (χ1v) is 5.65. The van der Waals surface area contributed by atoms with E-state index in [9.17, 15) is 9.59 Å². The van der Waals surface area contributed by atoms with Crippen LogP contribution in [-0.2, 0) is 4.79 Å². The molecular formula is C11H19NO3. The molecule has 1 heterocycles. The Hall–Kier alpha value is -1.06. The zero-order valence-electron chi connectivity index (χ0n) is 9.24. The number of hydrogen-bond donors (Lipinski definition) is 1. The van der Waals surface area contributed by atoms with Gasteiger partial charge in [-0.15, -0.1) is 0 Å². The molecular weight excluding hydrogens is 194 g/mol. The first-order valence-electron chi connectivity index (χ1n) is 5.65. The van der Waals surface area contributed by atoms with Gasteiger partial charge in [0.05, 0.1) is 0 Å². The number of Topliss-reactive ketones (excluding diaryl/α,β-unsaturated/α-hetero) is 1. The second kappa shape index (κ2) is 5.73. The molecule has 1 rings (SSSR count). The van der Waals surface area contributed by atoms with Crippen LogP contribution < -0.4 is 0 Å². The van der Waals surface area contributed by atoms with E-state index in [1.54, 1.807) is 0 Å². The SMILES string of the molecule is CCCCC1CN(C(=O)O)CCCC1=O. The van der Waals surface area contributed by atoms with Gasteiger partial charge in [0, 0.05) is 25.4 Å². The van der Waals surface area contributed by atoms with Gasteiger partial charge in [0.1, 0.15) is 5.78 Å². The molecule has 0 saturated carbocycles. The van der Waals surface area contributed by atoms with Gasteiger partial charge in [0.15, 0.2) is 0 Å². The highest BCUT2D eigenvalue weighted by Crippen LogP contribution is 2.18. The molecule has 15 heavy (non-hydrogen) atoms. The fourth-order valence-corrected chi connectivity index (χ4v) is 1.98. The van der Waals surface area contributed by atoms with Crippen LogP contribution in [0, 0.1) is 5.92 Å². The van der Waals surface area contributed by atoms with Crippen molar-refractivity contribution < 1.29 is 14.7 Å². The fourth-order valence-electron chi connectivity index (χ4n) is 1.98. The van der Waals surface area contributed by atoms with Crippen molar-refractivity contribution in [1.82, 2.24) is 4.90 Å². The molecule has 0 aromatic carbocycles. The standard InChI is InChI=1S/C11H19NO3/c1-2-3-5-9-8-12(11(14)15)7-4-6-10(9)13/h9H,2-8H2,1H3,(H,14,15). The summed E-state index contributed by atoms with van der Waals surface area (Å²) in [5.74, 6) is 0.177. The highest BCUT2D eigenvalue weighted by Gasteiger charge is 2.26. The lowest BCUT2D eigenvalue weighted by Gasteiger charge is -2.20. The molecule has 1 amide bonds. The van der Waals surface area contributed by atoms with Crippen LogP contribution in [0.2, 0.25) is 0 Å². The second-order valence-corrected chi connectivity index (χ2v) is 4.14. The summed E-state index contributed by atoms with van der Waals surface area (Å²) in [4.78, 5) is 23.9. The summed E-state index contributed by atoms with van der Waals surface area (Å²) >= 11 is 0. The number of carboxylic acid groups (broad SMARTS) is 1. The minimum atomic E-state index is -0.897. The highest BCUT2D eigenvalue weighted by atomic mass is 16.4. The number of carbonyl (C=O) groups excluding carboxylic acids is 1. The van der Waals surface area contributed by atoms with E-state index in [2.05, 4.69) is 6.92 Å². The van der Waals surface area contributed by atoms with Gasteiger partial charge < -0.3 is 10.0 Å². The van der Waals surface area contributed by atoms with Gasteiger partial charge in [0.25, 0.3) is 0 Å². The monoisotopic (exact) mass is 213 g/mol. The Morgan fingerprint density at radius 2 is 2.33 bits per heavy atom. The lowest BCUT2D eigenvalue weighted by molar-refractivity contribution is -0.122. The third-order valence-corrected chi connectivity index (χ3v) is 2.92. The van der Waals surface area contributed by atoms with Gasteiger partial charge in [-0.1, -0.05) is 19.8 Å². The smallest absolute Gasteiger partial charge is 0.407 e. The molecule has 86 valence electrons. The quantitative estimate of drug-likeness (QED) is 0.781. The van der Waals surface area contributed by atoms with Crippen LogP contribution >= 0.6 is 0 Å². The van der Waals surface area contributed by atoms with Crippen LogP contribution in [0.3, 0.4) is 0 Å². The molecule has 0 aromatic rings. The molecule has 1 aliphatic rings. The lowest BCUT2D eigenvalue weighted by atomic mass is 9.96. The molecule has 1 atom stereocenters. The molecule has 0 bridgehead atoms. The van der Waals surface area contributed by atoms with Gasteiger partial charge in [-0.2, -0.15) is 0 Å². The first-order chi connectivity index (χ1) is 7.15. The third kappa shape index (κ3) is 3.53. The van der Waals surface area contributed by atoms with E-state index in [4.69, 9.17) is 5.11 Å². The largest absolute Gasteiger partial charge is 0.465 e. The van der Waals surface area contributed by atoms with Gasteiger partial charge in [-0.05, 0) is 12.8 Å². The lowest BCUT2D eigenvalue weighted by Crippen LogP contribution is -2.34. The van der Waals surface area contributed by atoms with Crippen LogP contribution in [0.4, 0.5) is 4.79 Å². The molecule has 1 fully saturated rings. The number of nitrogens with zero attached hydrogens (tertiary/aromatic N) is 1. The van der Waals surface area contributed by atoms with Crippen molar-refractivity contribution in [1.29, 1.82) is 0 Å². The zero-order chi connectivity index (χ0) is 11.3. The molecule has 0 spiro atoms. The van der Waals surface area contributed by atoms with Crippen LogP contribution in [0.1, 0.15) is 39.0 Å². The number of carbonyl (C=O) groups is 2. The maximum Gasteiger partial charge on any atom is 0.407 e. The molecule has 0 aromatic heterocycles. The minimum Gasteiger partial charge on any atom is -0.465 e. The second-order valence-electron chi connectivity index (χ2n) is 4.14. The van der Waals surface area contributed by atoms with E-state index in [-0.39, 0.29) is 11.7 Å². The molecule has 4 nitrogen and oxygen atoms in total. The van der Waals surface area contributed by atoms with Crippen molar-refractivity contribution in [2.45, 2.75) is 39.0 Å². The Bertz CT molecular complexity index is 240. The summed E-state index contributed by atoms with van der Waals surface area (Å²) in [7, 11) is 0. The molecule has 1 unspecified atom stereocenters. The normalized spacial score (nSPS) is 22.6. The molecule has 0 radical (unpaired) electrons. The van der Waals surface area contributed by atoms with E-state index in [1.165, 1.54) is 4.90 Å². The maximum absolute atomic E-state index is 11.7. The van der Waals surface area contributed by atoms with E-state index in [1.807, 2.05) is 0 Å². The predicted octanol–water partition coefficient (Wildman–Crippen LogP) is 2.14. The Morgan fingerprint density at radius 1 is 1.60 bits per heavy atom. The third-order valence-electron chi connectivity index (χ3n) is 2.92.